The van der Waals surface area contributed by atoms with E-state index in [1.807, 2.05) is 0 Å². The van der Waals surface area contributed by atoms with E-state index in [0.29, 0.717) is 10.9 Å². The van der Waals surface area contributed by atoms with Crippen LogP contribution >= 0.6 is 11.8 Å². The average Bonchev–Trinajstić information content (AvgIpc) is 2.83. The fourth-order valence-electron chi connectivity index (χ4n) is 2.91. The van der Waals surface area contributed by atoms with Crippen LogP contribution in [-0.2, 0) is 19.1 Å². The van der Waals surface area contributed by atoms with Gasteiger partial charge in [-0.05, 0) is 25.7 Å². The zero-order chi connectivity index (χ0) is 16.8. The number of rotatable bonds is 5. The van der Waals surface area contributed by atoms with E-state index in [4.69, 9.17) is 4.74 Å². The van der Waals surface area contributed by atoms with Gasteiger partial charge >= 0.3 is 5.97 Å². The van der Waals surface area contributed by atoms with Gasteiger partial charge in [-0.25, -0.2) is 4.79 Å². The van der Waals surface area contributed by atoms with Gasteiger partial charge in [0.05, 0.1) is 23.5 Å². The Morgan fingerprint density at radius 1 is 1.39 bits per heavy atom. The third kappa shape index (κ3) is 4.99. The molecule has 2 unspecified atom stereocenters. The van der Waals surface area contributed by atoms with Crippen molar-refractivity contribution < 1.29 is 19.1 Å². The third-order valence-electron chi connectivity index (χ3n) is 4.20. The molecule has 1 saturated heterocycles. The Morgan fingerprint density at radius 3 is 2.83 bits per heavy atom. The van der Waals surface area contributed by atoms with E-state index in [0.717, 1.165) is 19.3 Å². The van der Waals surface area contributed by atoms with Crippen LogP contribution in [0.4, 0.5) is 0 Å². The molecule has 1 heterocycles. The summed E-state index contributed by atoms with van der Waals surface area (Å²) in [5.41, 5.74) is 0. The molecule has 0 spiro atoms. The van der Waals surface area contributed by atoms with E-state index in [1.165, 1.54) is 29.2 Å². The largest absolute Gasteiger partial charge is 0.463 e. The summed E-state index contributed by atoms with van der Waals surface area (Å²) in [6.07, 6.45) is 5.73. The van der Waals surface area contributed by atoms with Crippen molar-refractivity contribution in [3.63, 3.8) is 0 Å². The van der Waals surface area contributed by atoms with Crippen molar-refractivity contribution in [3.8, 4) is 0 Å². The highest BCUT2D eigenvalue weighted by atomic mass is 32.2. The normalized spacial score (nSPS) is 26.4. The topological polar surface area (TPSA) is 75.7 Å². The van der Waals surface area contributed by atoms with Gasteiger partial charge in [0.25, 0.3) is 0 Å². The van der Waals surface area contributed by atoms with Crippen LogP contribution in [0, 0.1) is 5.92 Å². The lowest BCUT2D eigenvalue weighted by Gasteiger charge is -2.30. The monoisotopic (exact) mass is 340 g/mol. The number of nitrogens with one attached hydrogen (secondary N) is 1. The molecular formula is C16H24N2O4S. The Kier molecular flexibility index (Phi) is 6.50. The molecular weight excluding hydrogens is 316 g/mol. The highest BCUT2D eigenvalue weighted by molar-refractivity contribution is 8.04. The molecule has 0 aromatic rings. The van der Waals surface area contributed by atoms with Crippen LogP contribution in [0.25, 0.3) is 0 Å². The van der Waals surface area contributed by atoms with Gasteiger partial charge in [-0.1, -0.05) is 31.5 Å². The zero-order valence-electron chi connectivity index (χ0n) is 13.7. The maximum atomic E-state index is 12.3. The van der Waals surface area contributed by atoms with Crippen molar-refractivity contribution in [2.24, 2.45) is 5.92 Å². The molecule has 2 aliphatic rings. The second-order valence-corrected chi connectivity index (χ2v) is 6.93. The minimum Gasteiger partial charge on any atom is -0.463 e. The second kappa shape index (κ2) is 8.38. The lowest BCUT2D eigenvalue weighted by Crippen LogP contribution is -2.45. The number of nitrogens with zero attached hydrogens (tertiary/aromatic N) is 1. The molecule has 0 bridgehead atoms. The summed E-state index contributed by atoms with van der Waals surface area (Å²) in [5.74, 6) is -0.105. The number of esters is 1. The first-order valence-corrected chi connectivity index (χ1v) is 9.10. The van der Waals surface area contributed by atoms with Gasteiger partial charge in [0, 0.05) is 6.04 Å². The Hall–Kier alpha value is -1.50. The first-order chi connectivity index (χ1) is 11.0. The Labute approximate surface area is 141 Å². The van der Waals surface area contributed by atoms with E-state index in [9.17, 15) is 14.4 Å². The maximum Gasteiger partial charge on any atom is 0.333 e. The Balaban J connectivity index is 1.94. The third-order valence-corrected chi connectivity index (χ3v) is 5.22. The lowest BCUT2D eigenvalue weighted by molar-refractivity contribution is -0.137. The molecule has 128 valence electrons. The molecule has 1 aliphatic heterocycles. The summed E-state index contributed by atoms with van der Waals surface area (Å²) in [4.78, 5) is 37.1. The van der Waals surface area contributed by atoms with Crippen molar-refractivity contribution in [1.29, 1.82) is 0 Å². The molecule has 1 N–H and O–H groups in total. The maximum absolute atomic E-state index is 12.3. The van der Waals surface area contributed by atoms with Crippen LogP contribution in [0.1, 0.15) is 39.5 Å². The minimum atomic E-state index is -0.490. The number of thioether (sulfide) groups is 1. The van der Waals surface area contributed by atoms with Crippen LogP contribution in [0.5, 0.6) is 0 Å². The van der Waals surface area contributed by atoms with E-state index >= 15 is 0 Å². The molecule has 1 saturated carbocycles. The fraction of sp³-hybridized carbons (Fsp3) is 0.688. The minimum absolute atomic E-state index is 0.0414. The van der Waals surface area contributed by atoms with Gasteiger partial charge < -0.3 is 10.1 Å². The summed E-state index contributed by atoms with van der Waals surface area (Å²) in [5, 5.41) is 3.52. The average molecular weight is 340 g/mol. The van der Waals surface area contributed by atoms with Crippen LogP contribution < -0.4 is 5.32 Å². The molecule has 0 aromatic heterocycles. The molecule has 0 aromatic carbocycles. The van der Waals surface area contributed by atoms with Crippen LogP contribution in [-0.4, -0.2) is 47.6 Å². The lowest BCUT2D eigenvalue weighted by atomic mass is 9.86. The fourth-order valence-corrected chi connectivity index (χ4v) is 3.84. The zero-order valence-corrected chi connectivity index (χ0v) is 14.5. The quantitative estimate of drug-likeness (QED) is 0.608. The van der Waals surface area contributed by atoms with Gasteiger partial charge in [-0.3, -0.25) is 14.5 Å². The predicted molar refractivity (Wildman–Crippen MR) is 88.4 cm³/mol. The van der Waals surface area contributed by atoms with E-state index in [1.54, 1.807) is 6.92 Å². The van der Waals surface area contributed by atoms with Crippen molar-refractivity contribution in [1.82, 2.24) is 10.2 Å². The standard InChI is InChI=1S/C16H24N2O4S/c1-3-22-16(21)8-15-18(14(20)10-23-15)9-13(19)17-12-7-5-4-6-11(12)2/h8,11-12H,3-7,9-10H2,1-2H3,(H,17,19)/b15-8-. The predicted octanol–water partition coefficient (Wildman–Crippen LogP) is 1.66. The number of carbonyl (C=O) groups is 3. The second-order valence-electron chi connectivity index (χ2n) is 5.94. The summed E-state index contributed by atoms with van der Waals surface area (Å²) in [7, 11) is 0. The number of carbonyl (C=O) groups excluding carboxylic acids is 3. The summed E-state index contributed by atoms with van der Waals surface area (Å²) >= 11 is 1.26. The number of hydrogen-bond donors (Lipinski definition) is 1. The Bertz CT molecular complexity index is 506. The van der Waals surface area contributed by atoms with Gasteiger partial charge in [0.2, 0.25) is 11.8 Å². The van der Waals surface area contributed by atoms with Gasteiger partial charge in [-0.2, -0.15) is 0 Å². The van der Waals surface area contributed by atoms with Crippen LogP contribution in [0.15, 0.2) is 11.1 Å². The first-order valence-electron chi connectivity index (χ1n) is 8.12. The summed E-state index contributed by atoms with van der Waals surface area (Å²) in [6.45, 7) is 4.11. The highest BCUT2D eigenvalue weighted by Crippen LogP contribution is 2.29. The highest BCUT2D eigenvalue weighted by Gasteiger charge is 2.30. The van der Waals surface area contributed by atoms with Crippen molar-refractivity contribution in [2.45, 2.75) is 45.6 Å². The smallest absolute Gasteiger partial charge is 0.333 e. The molecule has 6 nitrogen and oxygen atoms in total. The Morgan fingerprint density at radius 2 is 2.13 bits per heavy atom. The van der Waals surface area contributed by atoms with Crippen molar-refractivity contribution in [2.75, 3.05) is 18.9 Å². The molecule has 0 radical (unpaired) electrons. The van der Waals surface area contributed by atoms with Crippen molar-refractivity contribution in [3.05, 3.63) is 11.1 Å². The van der Waals surface area contributed by atoms with E-state index in [2.05, 4.69) is 12.2 Å². The molecule has 2 fully saturated rings. The van der Waals surface area contributed by atoms with E-state index in [-0.39, 0.29) is 36.8 Å². The van der Waals surface area contributed by atoms with Crippen molar-refractivity contribution >= 4 is 29.5 Å². The molecule has 23 heavy (non-hydrogen) atoms. The van der Waals surface area contributed by atoms with Gasteiger partial charge in [0.1, 0.15) is 6.54 Å². The molecule has 2 rings (SSSR count). The SMILES string of the molecule is CCOC(=O)/C=C1\SCC(=O)N1CC(=O)NC1CCCCC1C. The van der Waals surface area contributed by atoms with Gasteiger partial charge in [-0.15, -0.1) is 0 Å². The molecule has 1 aliphatic carbocycles. The van der Waals surface area contributed by atoms with Gasteiger partial charge in [0.15, 0.2) is 0 Å². The van der Waals surface area contributed by atoms with E-state index < -0.39 is 5.97 Å². The van der Waals surface area contributed by atoms with Crippen LogP contribution in [0.2, 0.25) is 0 Å². The molecule has 2 atom stereocenters. The van der Waals surface area contributed by atoms with Crippen LogP contribution in [0.3, 0.4) is 0 Å². The number of ether oxygens (including phenoxy) is 1. The summed E-state index contributed by atoms with van der Waals surface area (Å²) < 4.78 is 4.86. The summed E-state index contributed by atoms with van der Waals surface area (Å²) in [6, 6.07) is 0.180. The first kappa shape index (κ1) is 17.8. The number of amides is 2. The molecule has 7 heteroatoms. The molecule has 2 amide bonds. The number of hydrogen-bond acceptors (Lipinski definition) is 5.